The standard InChI is InChI=1S/C20H26O4S/c1-2-3-4-6-9-16-14-17(21)12-13-19(16)20(22)15-25(23,24)18-10-7-5-8-11-18/h2-5,7-8,10-11,16,19-20,22H,1,6,9,12-15H2/b4-3+/t16-,19-,20?/m0/s1. The number of carbonyl (C=O) groups is 1. The van der Waals surface area contributed by atoms with Crippen molar-refractivity contribution in [2.75, 3.05) is 5.75 Å². The first-order chi connectivity index (χ1) is 11.9. The Morgan fingerprint density at radius 1 is 1.28 bits per heavy atom. The number of benzene rings is 1. The van der Waals surface area contributed by atoms with Crippen molar-refractivity contribution in [3.63, 3.8) is 0 Å². The van der Waals surface area contributed by atoms with Gasteiger partial charge in [-0.3, -0.25) is 4.79 Å². The second-order valence-electron chi connectivity index (χ2n) is 6.61. The van der Waals surface area contributed by atoms with Gasteiger partial charge >= 0.3 is 0 Å². The summed E-state index contributed by atoms with van der Waals surface area (Å²) < 4.78 is 25.0. The average Bonchev–Trinajstić information content (AvgIpc) is 2.59. The Kier molecular flexibility index (Phi) is 7.14. The highest BCUT2D eigenvalue weighted by molar-refractivity contribution is 7.91. The Morgan fingerprint density at radius 2 is 2.00 bits per heavy atom. The van der Waals surface area contributed by atoms with E-state index in [2.05, 4.69) is 6.58 Å². The van der Waals surface area contributed by atoms with E-state index in [1.165, 1.54) is 0 Å². The molecule has 1 aromatic rings. The van der Waals surface area contributed by atoms with Crippen LogP contribution in [0.3, 0.4) is 0 Å². The van der Waals surface area contributed by atoms with Crippen LogP contribution in [0, 0.1) is 11.8 Å². The summed E-state index contributed by atoms with van der Waals surface area (Å²) in [5.74, 6) is -0.230. The summed E-state index contributed by atoms with van der Waals surface area (Å²) in [7, 11) is -3.54. The first kappa shape index (κ1) is 19.6. The molecule has 2 rings (SSSR count). The van der Waals surface area contributed by atoms with Gasteiger partial charge in [0.2, 0.25) is 0 Å². The first-order valence-electron chi connectivity index (χ1n) is 8.69. The number of Topliss-reactive ketones (excluding diaryl/α,β-unsaturated/α-hetero) is 1. The number of carbonyl (C=O) groups excluding carboxylic acids is 1. The maximum atomic E-state index is 12.5. The third-order valence-corrected chi connectivity index (χ3v) is 6.59. The predicted molar refractivity (Wildman–Crippen MR) is 98.9 cm³/mol. The molecule has 0 saturated heterocycles. The van der Waals surface area contributed by atoms with Crippen molar-refractivity contribution in [1.82, 2.24) is 0 Å². The summed E-state index contributed by atoms with van der Waals surface area (Å²) in [5, 5.41) is 10.6. The fraction of sp³-hybridized carbons (Fsp3) is 0.450. The van der Waals surface area contributed by atoms with Crippen LogP contribution in [0.25, 0.3) is 0 Å². The van der Waals surface area contributed by atoms with Gasteiger partial charge in [0, 0.05) is 12.8 Å². The Hall–Kier alpha value is -1.72. The summed E-state index contributed by atoms with van der Waals surface area (Å²) >= 11 is 0. The topological polar surface area (TPSA) is 71.4 Å². The molecule has 1 aliphatic carbocycles. The second-order valence-corrected chi connectivity index (χ2v) is 8.64. The molecule has 0 amide bonds. The molecule has 136 valence electrons. The predicted octanol–water partition coefficient (Wildman–Crippen LogP) is 3.33. The van der Waals surface area contributed by atoms with Gasteiger partial charge in [0.15, 0.2) is 9.84 Å². The fourth-order valence-corrected chi connectivity index (χ4v) is 4.97. The van der Waals surface area contributed by atoms with E-state index in [1.807, 2.05) is 12.2 Å². The Labute approximate surface area is 150 Å². The highest BCUT2D eigenvalue weighted by atomic mass is 32.2. The second kappa shape index (κ2) is 9.11. The number of ketones is 1. The Balaban J connectivity index is 2.06. The smallest absolute Gasteiger partial charge is 0.180 e. The number of sulfone groups is 1. The molecule has 0 spiro atoms. The molecule has 0 heterocycles. The SMILES string of the molecule is C=C/C=C/CC[C@H]1CC(=O)CC[C@@H]1C(O)CS(=O)(=O)c1ccccc1. The minimum absolute atomic E-state index is 0.0247. The highest BCUT2D eigenvalue weighted by Crippen LogP contribution is 2.35. The molecule has 3 atom stereocenters. The van der Waals surface area contributed by atoms with Crippen molar-refractivity contribution in [1.29, 1.82) is 0 Å². The summed E-state index contributed by atoms with van der Waals surface area (Å²) in [4.78, 5) is 12.0. The van der Waals surface area contributed by atoms with E-state index in [0.29, 0.717) is 19.3 Å². The molecule has 4 nitrogen and oxygen atoms in total. The zero-order valence-electron chi connectivity index (χ0n) is 14.4. The van der Waals surface area contributed by atoms with Crippen molar-refractivity contribution in [3.05, 3.63) is 55.1 Å². The molecule has 0 aromatic heterocycles. The molecular weight excluding hydrogens is 336 g/mol. The first-order valence-corrected chi connectivity index (χ1v) is 10.3. The van der Waals surface area contributed by atoms with E-state index >= 15 is 0 Å². The number of allylic oxidation sites excluding steroid dienone is 3. The normalized spacial score (nSPS) is 22.8. The van der Waals surface area contributed by atoms with E-state index in [0.717, 1.165) is 12.8 Å². The highest BCUT2D eigenvalue weighted by Gasteiger charge is 2.35. The lowest BCUT2D eigenvalue weighted by Gasteiger charge is -2.34. The van der Waals surface area contributed by atoms with Gasteiger partial charge in [-0.1, -0.05) is 43.0 Å². The van der Waals surface area contributed by atoms with Gasteiger partial charge in [-0.2, -0.15) is 0 Å². The van der Waals surface area contributed by atoms with Gasteiger partial charge in [-0.25, -0.2) is 8.42 Å². The molecule has 0 radical (unpaired) electrons. The number of hydrogen-bond acceptors (Lipinski definition) is 4. The van der Waals surface area contributed by atoms with Crippen LogP contribution in [0.5, 0.6) is 0 Å². The Bertz CT molecular complexity index is 706. The van der Waals surface area contributed by atoms with Crippen LogP contribution >= 0.6 is 0 Å². The van der Waals surface area contributed by atoms with Crippen LogP contribution in [0.2, 0.25) is 0 Å². The molecule has 1 saturated carbocycles. The number of aliphatic hydroxyl groups excluding tert-OH is 1. The van der Waals surface area contributed by atoms with Crippen LogP contribution in [0.15, 0.2) is 60.0 Å². The van der Waals surface area contributed by atoms with E-state index in [1.54, 1.807) is 36.4 Å². The maximum Gasteiger partial charge on any atom is 0.180 e. The molecule has 1 aromatic carbocycles. The molecule has 1 unspecified atom stereocenters. The van der Waals surface area contributed by atoms with E-state index in [4.69, 9.17) is 0 Å². The molecule has 0 bridgehead atoms. The molecule has 0 aliphatic heterocycles. The number of aliphatic hydroxyl groups is 1. The van der Waals surface area contributed by atoms with Crippen LogP contribution in [-0.2, 0) is 14.6 Å². The van der Waals surface area contributed by atoms with Crippen LogP contribution < -0.4 is 0 Å². The molecule has 1 fully saturated rings. The summed E-state index contributed by atoms with van der Waals surface area (Å²) in [6, 6.07) is 8.20. The lowest BCUT2D eigenvalue weighted by atomic mass is 9.74. The van der Waals surface area contributed by atoms with E-state index in [9.17, 15) is 18.3 Å². The zero-order valence-corrected chi connectivity index (χ0v) is 15.2. The van der Waals surface area contributed by atoms with E-state index in [-0.39, 0.29) is 28.3 Å². The minimum Gasteiger partial charge on any atom is -0.392 e. The summed E-state index contributed by atoms with van der Waals surface area (Å²) in [6.07, 6.45) is 7.55. The van der Waals surface area contributed by atoms with Gasteiger partial charge < -0.3 is 5.11 Å². The van der Waals surface area contributed by atoms with Crippen molar-refractivity contribution < 1.29 is 18.3 Å². The number of rotatable bonds is 8. The van der Waals surface area contributed by atoms with Crippen molar-refractivity contribution >= 4 is 15.6 Å². The van der Waals surface area contributed by atoms with Gasteiger partial charge in [0.1, 0.15) is 5.78 Å². The monoisotopic (exact) mass is 362 g/mol. The third kappa shape index (κ3) is 5.65. The van der Waals surface area contributed by atoms with Crippen molar-refractivity contribution in [3.8, 4) is 0 Å². The molecule has 1 N–H and O–H groups in total. The maximum absolute atomic E-state index is 12.5. The quantitative estimate of drug-likeness (QED) is 0.720. The fourth-order valence-electron chi connectivity index (χ4n) is 3.51. The molecule has 25 heavy (non-hydrogen) atoms. The lowest BCUT2D eigenvalue weighted by molar-refractivity contribution is -0.123. The lowest BCUT2D eigenvalue weighted by Crippen LogP contribution is -2.37. The minimum atomic E-state index is -3.54. The van der Waals surface area contributed by atoms with Crippen molar-refractivity contribution in [2.45, 2.75) is 43.1 Å². The Morgan fingerprint density at radius 3 is 2.68 bits per heavy atom. The largest absolute Gasteiger partial charge is 0.392 e. The summed E-state index contributed by atoms with van der Waals surface area (Å²) in [6.45, 7) is 3.62. The molecule has 1 aliphatic rings. The molecule has 5 heteroatoms. The van der Waals surface area contributed by atoms with Gasteiger partial charge in [-0.15, -0.1) is 0 Å². The number of hydrogen-bond donors (Lipinski definition) is 1. The van der Waals surface area contributed by atoms with Crippen LogP contribution in [-0.4, -0.2) is 31.2 Å². The van der Waals surface area contributed by atoms with Gasteiger partial charge in [-0.05, 0) is 43.2 Å². The van der Waals surface area contributed by atoms with Crippen molar-refractivity contribution in [2.24, 2.45) is 11.8 Å². The van der Waals surface area contributed by atoms with Crippen LogP contribution in [0.1, 0.15) is 32.1 Å². The van der Waals surface area contributed by atoms with Gasteiger partial charge in [0.25, 0.3) is 0 Å². The molecular formula is C20H26O4S. The average molecular weight is 362 g/mol. The zero-order chi connectivity index (χ0) is 18.3. The van der Waals surface area contributed by atoms with Gasteiger partial charge in [0.05, 0.1) is 16.8 Å². The van der Waals surface area contributed by atoms with Crippen LogP contribution in [0.4, 0.5) is 0 Å². The summed E-state index contributed by atoms with van der Waals surface area (Å²) in [5.41, 5.74) is 0. The van der Waals surface area contributed by atoms with E-state index < -0.39 is 15.9 Å². The third-order valence-electron chi connectivity index (χ3n) is 4.81.